The van der Waals surface area contributed by atoms with Crippen molar-refractivity contribution in [3.63, 3.8) is 0 Å². The van der Waals surface area contributed by atoms with Crippen molar-refractivity contribution in [1.29, 1.82) is 0 Å². The van der Waals surface area contributed by atoms with Crippen molar-refractivity contribution in [3.8, 4) is 0 Å². The number of likely N-dealkylation sites (tertiary alicyclic amines) is 1. The standard InChI is InChI=1S/C14H20N4O3/c1-17-6-4-10(5-7-17)9-16-14(19)11-2-3-13(18(20)21)12(15)8-11/h2-3,8,10H,4-7,9,15H2,1H3,(H,16,19). The van der Waals surface area contributed by atoms with Crippen LogP contribution in [0.5, 0.6) is 0 Å². The Balaban J connectivity index is 1.91. The molecule has 1 heterocycles. The molecule has 1 aromatic carbocycles. The van der Waals surface area contributed by atoms with Crippen LogP contribution in [0.3, 0.4) is 0 Å². The third-order valence-electron chi connectivity index (χ3n) is 3.88. The molecule has 7 nitrogen and oxygen atoms in total. The molecule has 0 radical (unpaired) electrons. The summed E-state index contributed by atoms with van der Waals surface area (Å²) in [5.41, 5.74) is 5.77. The summed E-state index contributed by atoms with van der Waals surface area (Å²) in [5, 5.41) is 13.6. The summed E-state index contributed by atoms with van der Waals surface area (Å²) in [6.45, 7) is 2.72. The van der Waals surface area contributed by atoms with Crippen LogP contribution in [0.4, 0.5) is 11.4 Å². The molecule has 0 atom stereocenters. The van der Waals surface area contributed by atoms with Gasteiger partial charge >= 0.3 is 0 Å². The van der Waals surface area contributed by atoms with Gasteiger partial charge in [0.25, 0.3) is 11.6 Å². The summed E-state index contributed by atoms with van der Waals surface area (Å²) >= 11 is 0. The van der Waals surface area contributed by atoms with Gasteiger partial charge in [0.1, 0.15) is 5.69 Å². The van der Waals surface area contributed by atoms with Gasteiger partial charge in [-0.3, -0.25) is 14.9 Å². The van der Waals surface area contributed by atoms with Crippen LogP contribution in [0, 0.1) is 16.0 Å². The lowest BCUT2D eigenvalue weighted by Crippen LogP contribution is -2.36. The van der Waals surface area contributed by atoms with E-state index in [0.717, 1.165) is 25.9 Å². The molecular formula is C14H20N4O3. The molecule has 21 heavy (non-hydrogen) atoms. The van der Waals surface area contributed by atoms with Gasteiger partial charge in [-0.05, 0) is 51.0 Å². The minimum absolute atomic E-state index is 0.00643. The Morgan fingerprint density at radius 1 is 1.48 bits per heavy atom. The second-order valence-corrected chi connectivity index (χ2v) is 5.49. The van der Waals surface area contributed by atoms with Crippen LogP contribution >= 0.6 is 0 Å². The van der Waals surface area contributed by atoms with Gasteiger partial charge in [-0.25, -0.2) is 0 Å². The lowest BCUT2D eigenvalue weighted by molar-refractivity contribution is -0.383. The fourth-order valence-electron chi connectivity index (χ4n) is 2.47. The molecule has 1 aliphatic rings. The van der Waals surface area contributed by atoms with Gasteiger partial charge in [0.05, 0.1) is 4.92 Å². The molecule has 7 heteroatoms. The van der Waals surface area contributed by atoms with Crippen molar-refractivity contribution in [2.24, 2.45) is 5.92 Å². The normalized spacial score (nSPS) is 16.6. The van der Waals surface area contributed by atoms with E-state index < -0.39 is 4.92 Å². The lowest BCUT2D eigenvalue weighted by atomic mass is 9.97. The number of nitrogen functional groups attached to an aromatic ring is 1. The number of anilines is 1. The van der Waals surface area contributed by atoms with Crippen molar-refractivity contribution < 1.29 is 9.72 Å². The molecular weight excluding hydrogens is 272 g/mol. The maximum atomic E-state index is 12.0. The zero-order chi connectivity index (χ0) is 15.4. The second-order valence-electron chi connectivity index (χ2n) is 5.49. The van der Waals surface area contributed by atoms with E-state index in [4.69, 9.17) is 5.73 Å². The summed E-state index contributed by atoms with van der Waals surface area (Å²) in [4.78, 5) is 24.4. The fraction of sp³-hybridized carbons (Fsp3) is 0.500. The van der Waals surface area contributed by atoms with Gasteiger partial charge in [-0.1, -0.05) is 0 Å². The Morgan fingerprint density at radius 2 is 2.14 bits per heavy atom. The largest absolute Gasteiger partial charge is 0.393 e. The predicted octanol–water partition coefficient (Wildman–Crippen LogP) is 1.25. The Kier molecular flexibility index (Phi) is 4.74. The molecule has 2 rings (SSSR count). The van der Waals surface area contributed by atoms with Crippen LogP contribution < -0.4 is 11.1 Å². The molecule has 1 fully saturated rings. The minimum Gasteiger partial charge on any atom is -0.393 e. The molecule has 1 amide bonds. The number of carbonyl (C=O) groups is 1. The SMILES string of the molecule is CN1CCC(CNC(=O)c2ccc([N+](=O)[O-])c(N)c2)CC1. The number of hydrogen-bond donors (Lipinski definition) is 2. The molecule has 0 aromatic heterocycles. The molecule has 0 saturated carbocycles. The number of nitrogens with one attached hydrogen (secondary N) is 1. The van der Waals surface area contributed by atoms with E-state index in [1.807, 2.05) is 0 Å². The second kappa shape index (κ2) is 6.53. The number of nitro groups is 1. The van der Waals surface area contributed by atoms with Gasteiger partial charge < -0.3 is 16.0 Å². The number of nitrogens with two attached hydrogens (primary N) is 1. The smallest absolute Gasteiger partial charge is 0.292 e. The van der Waals surface area contributed by atoms with Gasteiger partial charge in [0, 0.05) is 18.2 Å². The zero-order valence-corrected chi connectivity index (χ0v) is 12.0. The van der Waals surface area contributed by atoms with E-state index in [0.29, 0.717) is 18.0 Å². The highest BCUT2D eigenvalue weighted by molar-refractivity contribution is 5.95. The number of amides is 1. The first-order chi connectivity index (χ1) is 9.97. The summed E-state index contributed by atoms with van der Waals surface area (Å²) in [6, 6.07) is 4.04. The number of carbonyl (C=O) groups excluding carboxylic acids is 1. The highest BCUT2D eigenvalue weighted by atomic mass is 16.6. The third kappa shape index (κ3) is 3.91. The maximum absolute atomic E-state index is 12.0. The number of nitrogens with zero attached hydrogens (tertiary/aromatic N) is 2. The minimum atomic E-state index is -0.560. The van der Waals surface area contributed by atoms with Crippen molar-refractivity contribution in [3.05, 3.63) is 33.9 Å². The molecule has 0 unspecified atom stereocenters. The zero-order valence-electron chi connectivity index (χ0n) is 12.0. The van der Waals surface area contributed by atoms with E-state index >= 15 is 0 Å². The van der Waals surface area contributed by atoms with Gasteiger partial charge in [-0.15, -0.1) is 0 Å². The van der Waals surface area contributed by atoms with Crippen LogP contribution in [0.15, 0.2) is 18.2 Å². The first kappa shape index (κ1) is 15.2. The monoisotopic (exact) mass is 292 g/mol. The fourth-order valence-corrected chi connectivity index (χ4v) is 2.47. The average Bonchev–Trinajstić information content (AvgIpc) is 2.45. The highest BCUT2D eigenvalue weighted by Crippen LogP contribution is 2.22. The number of rotatable bonds is 4. The van der Waals surface area contributed by atoms with Crippen molar-refractivity contribution >= 4 is 17.3 Å². The number of hydrogen-bond acceptors (Lipinski definition) is 5. The van der Waals surface area contributed by atoms with Crippen LogP contribution in [-0.2, 0) is 0 Å². The molecule has 1 aromatic rings. The summed E-state index contributed by atoms with van der Waals surface area (Å²) in [6.07, 6.45) is 2.14. The van der Waals surface area contributed by atoms with Gasteiger partial charge in [-0.2, -0.15) is 0 Å². The van der Waals surface area contributed by atoms with Crippen LogP contribution in [0.2, 0.25) is 0 Å². The Labute approximate surface area is 123 Å². The highest BCUT2D eigenvalue weighted by Gasteiger charge is 2.18. The molecule has 0 spiro atoms. The number of nitro benzene ring substituents is 1. The van der Waals surface area contributed by atoms with E-state index in [-0.39, 0.29) is 17.3 Å². The summed E-state index contributed by atoms with van der Waals surface area (Å²) < 4.78 is 0. The van der Waals surface area contributed by atoms with E-state index in [1.54, 1.807) is 0 Å². The first-order valence-corrected chi connectivity index (χ1v) is 6.98. The molecule has 0 bridgehead atoms. The van der Waals surface area contributed by atoms with Crippen LogP contribution in [-0.4, -0.2) is 42.4 Å². The average molecular weight is 292 g/mol. The summed E-state index contributed by atoms with van der Waals surface area (Å²) in [7, 11) is 2.09. The molecule has 1 aliphatic heterocycles. The van der Waals surface area contributed by atoms with E-state index in [9.17, 15) is 14.9 Å². The van der Waals surface area contributed by atoms with Gasteiger partial charge in [0.15, 0.2) is 0 Å². The number of piperidine rings is 1. The molecule has 3 N–H and O–H groups in total. The Hall–Kier alpha value is -2.15. The van der Waals surface area contributed by atoms with Crippen LogP contribution in [0.1, 0.15) is 23.2 Å². The molecule has 1 saturated heterocycles. The van der Waals surface area contributed by atoms with Gasteiger partial charge in [0.2, 0.25) is 0 Å². The van der Waals surface area contributed by atoms with Crippen LogP contribution in [0.25, 0.3) is 0 Å². The number of benzene rings is 1. The quantitative estimate of drug-likeness (QED) is 0.494. The first-order valence-electron chi connectivity index (χ1n) is 6.98. The van der Waals surface area contributed by atoms with E-state index in [2.05, 4.69) is 17.3 Å². The Bertz CT molecular complexity index is 539. The molecule has 114 valence electrons. The summed E-state index contributed by atoms with van der Waals surface area (Å²) in [5.74, 6) is 0.246. The maximum Gasteiger partial charge on any atom is 0.292 e. The van der Waals surface area contributed by atoms with Crippen molar-refractivity contribution in [2.75, 3.05) is 32.4 Å². The topological polar surface area (TPSA) is 102 Å². The van der Waals surface area contributed by atoms with Crippen molar-refractivity contribution in [1.82, 2.24) is 10.2 Å². The lowest BCUT2D eigenvalue weighted by Gasteiger charge is -2.28. The Morgan fingerprint density at radius 3 is 2.71 bits per heavy atom. The third-order valence-corrected chi connectivity index (χ3v) is 3.88. The van der Waals surface area contributed by atoms with E-state index in [1.165, 1.54) is 18.2 Å². The molecule has 0 aliphatic carbocycles. The predicted molar refractivity (Wildman–Crippen MR) is 80.1 cm³/mol. The van der Waals surface area contributed by atoms with Crippen molar-refractivity contribution in [2.45, 2.75) is 12.8 Å².